The highest BCUT2D eigenvalue weighted by Gasteiger charge is 2.30. The summed E-state index contributed by atoms with van der Waals surface area (Å²) in [4.78, 5) is 0. The van der Waals surface area contributed by atoms with Crippen LogP contribution >= 0.6 is 0 Å². The third kappa shape index (κ3) is 6.66. The summed E-state index contributed by atoms with van der Waals surface area (Å²) in [6.45, 7) is 4.49. The van der Waals surface area contributed by atoms with Gasteiger partial charge in [0.1, 0.15) is 9.84 Å². The summed E-state index contributed by atoms with van der Waals surface area (Å²) in [5.74, 6) is 1.17. The van der Waals surface area contributed by atoms with Crippen molar-refractivity contribution in [1.82, 2.24) is 5.32 Å². The van der Waals surface area contributed by atoms with Gasteiger partial charge in [0.2, 0.25) is 0 Å². The molecule has 1 aliphatic carbocycles. The predicted molar refractivity (Wildman–Crippen MR) is 88.4 cm³/mol. The Morgan fingerprint density at radius 3 is 2.38 bits per heavy atom. The van der Waals surface area contributed by atoms with E-state index >= 15 is 0 Å². The highest BCUT2D eigenvalue weighted by atomic mass is 32.2. The van der Waals surface area contributed by atoms with Crippen LogP contribution in [0.5, 0.6) is 0 Å². The van der Waals surface area contributed by atoms with Crippen molar-refractivity contribution in [2.45, 2.75) is 70.9 Å². The van der Waals surface area contributed by atoms with Crippen LogP contribution in [0.2, 0.25) is 0 Å². The molecule has 1 fully saturated rings. The van der Waals surface area contributed by atoms with Gasteiger partial charge in [0.15, 0.2) is 0 Å². The van der Waals surface area contributed by atoms with Crippen LogP contribution in [-0.4, -0.2) is 45.7 Å². The van der Waals surface area contributed by atoms with Crippen molar-refractivity contribution in [2.75, 3.05) is 25.2 Å². The van der Waals surface area contributed by atoms with E-state index in [1.54, 1.807) is 6.92 Å². The number of hydrogen-bond donors (Lipinski definition) is 1. The molecule has 2 atom stereocenters. The molecule has 126 valence electrons. The lowest BCUT2D eigenvalue weighted by atomic mass is 9.81. The van der Waals surface area contributed by atoms with E-state index in [-0.39, 0.29) is 17.9 Å². The first-order chi connectivity index (χ1) is 10.0. The van der Waals surface area contributed by atoms with Crippen LogP contribution in [0.4, 0.5) is 0 Å². The van der Waals surface area contributed by atoms with Crippen molar-refractivity contribution < 1.29 is 13.2 Å². The van der Waals surface area contributed by atoms with E-state index in [1.165, 1.54) is 32.1 Å². The van der Waals surface area contributed by atoms with Gasteiger partial charge in [-0.15, -0.1) is 0 Å². The molecule has 0 radical (unpaired) electrons. The van der Waals surface area contributed by atoms with E-state index in [2.05, 4.69) is 5.32 Å². The highest BCUT2D eigenvalue weighted by molar-refractivity contribution is 7.91. The second kappa shape index (κ2) is 9.80. The molecular weight excluding hydrogens is 286 g/mol. The molecule has 0 aromatic heterocycles. The standard InChI is InChI=1S/C16H33NO3S/c1-4-20-16(14-10-7-6-8-11-14)15(17-3)12-9-13-21(18,19)5-2/h14-17H,4-13H2,1-3H3. The van der Waals surface area contributed by atoms with Crippen LogP contribution in [0.1, 0.15) is 58.8 Å². The number of hydrogen-bond acceptors (Lipinski definition) is 4. The molecule has 0 amide bonds. The third-order valence-corrected chi connectivity index (χ3v) is 6.44. The first-order valence-electron chi connectivity index (χ1n) is 8.53. The van der Waals surface area contributed by atoms with Crippen LogP contribution in [0.3, 0.4) is 0 Å². The molecule has 1 saturated carbocycles. The van der Waals surface area contributed by atoms with E-state index in [1.807, 2.05) is 14.0 Å². The molecule has 0 bridgehead atoms. The SMILES string of the molecule is CCOC(C1CCCCC1)C(CCCS(=O)(=O)CC)NC. The van der Waals surface area contributed by atoms with Crippen LogP contribution in [0, 0.1) is 5.92 Å². The molecule has 0 spiro atoms. The van der Waals surface area contributed by atoms with E-state index in [9.17, 15) is 8.42 Å². The van der Waals surface area contributed by atoms with E-state index in [0.29, 0.717) is 11.7 Å². The van der Waals surface area contributed by atoms with Crippen LogP contribution in [-0.2, 0) is 14.6 Å². The Bertz CT molecular complexity index is 364. The largest absolute Gasteiger partial charge is 0.377 e. The maximum Gasteiger partial charge on any atom is 0.150 e. The maximum atomic E-state index is 11.6. The summed E-state index contributed by atoms with van der Waals surface area (Å²) in [6, 6.07) is 0.264. The number of sulfone groups is 1. The third-order valence-electron chi connectivity index (χ3n) is 4.65. The molecule has 0 aliphatic heterocycles. The Labute approximate surface area is 130 Å². The zero-order chi connectivity index (χ0) is 15.7. The number of nitrogens with one attached hydrogen (secondary N) is 1. The number of ether oxygens (including phenoxy) is 1. The fourth-order valence-electron chi connectivity index (χ4n) is 3.38. The van der Waals surface area contributed by atoms with Gasteiger partial charge in [0.05, 0.1) is 11.9 Å². The van der Waals surface area contributed by atoms with E-state index in [0.717, 1.165) is 19.4 Å². The van der Waals surface area contributed by atoms with E-state index < -0.39 is 9.84 Å². The van der Waals surface area contributed by atoms with Gasteiger partial charge in [-0.3, -0.25) is 0 Å². The summed E-state index contributed by atoms with van der Waals surface area (Å²) in [5.41, 5.74) is 0. The van der Waals surface area contributed by atoms with Gasteiger partial charge >= 0.3 is 0 Å². The van der Waals surface area contributed by atoms with Crippen LogP contribution in [0.25, 0.3) is 0 Å². The number of rotatable bonds is 10. The molecule has 0 saturated heterocycles. The summed E-state index contributed by atoms with van der Waals surface area (Å²) >= 11 is 0. The molecule has 0 aromatic rings. The Kier molecular flexibility index (Phi) is 8.83. The zero-order valence-corrected chi connectivity index (χ0v) is 14.8. The van der Waals surface area contributed by atoms with E-state index in [4.69, 9.17) is 4.74 Å². The number of likely N-dealkylation sites (N-methyl/N-ethyl adjacent to an activating group) is 1. The average molecular weight is 320 g/mol. The zero-order valence-electron chi connectivity index (χ0n) is 13.9. The van der Waals surface area contributed by atoms with Gasteiger partial charge in [-0.25, -0.2) is 8.42 Å². The fraction of sp³-hybridized carbons (Fsp3) is 1.00. The molecule has 21 heavy (non-hydrogen) atoms. The lowest BCUT2D eigenvalue weighted by molar-refractivity contribution is -0.0178. The first-order valence-corrected chi connectivity index (χ1v) is 10.4. The highest BCUT2D eigenvalue weighted by Crippen LogP contribution is 2.30. The first kappa shape index (κ1) is 18.9. The second-order valence-electron chi connectivity index (χ2n) is 6.09. The van der Waals surface area contributed by atoms with Gasteiger partial charge in [-0.2, -0.15) is 0 Å². The molecule has 5 heteroatoms. The Morgan fingerprint density at radius 1 is 1.19 bits per heavy atom. The van der Waals surface area contributed by atoms with Gasteiger partial charge in [-0.05, 0) is 45.6 Å². The maximum absolute atomic E-state index is 11.6. The van der Waals surface area contributed by atoms with Crippen molar-refractivity contribution in [2.24, 2.45) is 5.92 Å². The van der Waals surface area contributed by atoms with Crippen LogP contribution in [0.15, 0.2) is 0 Å². The molecule has 1 rings (SSSR count). The molecule has 1 N–H and O–H groups in total. The van der Waals surface area contributed by atoms with Gasteiger partial charge in [0, 0.05) is 18.4 Å². The quantitative estimate of drug-likeness (QED) is 0.673. The Balaban J connectivity index is 2.55. The molecular formula is C16H33NO3S. The lowest BCUT2D eigenvalue weighted by Crippen LogP contribution is -2.45. The fourth-order valence-corrected chi connectivity index (χ4v) is 4.27. The van der Waals surface area contributed by atoms with Crippen molar-refractivity contribution >= 4 is 9.84 Å². The molecule has 1 aliphatic rings. The summed E-state index contributed by atoms with van der Waals surface area (Å²) in [5, 5.41) is 3.37. The minimum Gasteiger partial charge on any atom is -0.377 e. The van der Waals surface area contributed by atoms with Gasteiger partial charge in [0.25, 0.3) is 0 Å². The van der Waals surface area contributed by atoms with Gasteiger partial charge < -0.3 is 10.1 Å². The van der Waals surface area contributed by atoms with Crippen molar-refractivity contribution in [3.05, 3.63) is 0 Å². The molecule has 0 aromatic carbocycles. The predicted octanol–water partition coefficient (Wildman–Crippen LogP) is 2.77. The molecule has 0 heterocycles. The molecule has 2 unspecified atom stereocenters. The minimum atomic E-state index is -2.85. The van der Waals surface area contributed by atoms with Gasteiger partial charge in [-0.1, -0.05) is 26.2 Å². The average Bonchev–Trinajstić information content (AvgIpc) is 2.50. The summed E-state index contributed by atoms with van der Waals surface area (Å²) < 4.78 is 29.3. The Morgan fingerprint density at radius 2 is 1.86 bits per heavy atom. The smallest absolute Gasteiger partial charge is 0.150 e. The molecule has 4 nitrogen and oxygen atoms in total. The van der Waals surface area contributed by atoms with Crippen molar-refractivity contribution in [3.8, 4) is 0 Å². The lowest BCUT2D eigenvalue weighted by Gasteiger charge is -2.35. The summed E-state index contributed by atoms with van der Waals surface area (Å²) in [7, 11) is -0.889. The van der Waals surface area contributed by atoms with Crippen LogP contribution < -0.4 is 5.32 Å². The summed E-state index contributed by atoms with van der Waals surface area (Å²) in [6.07, 6.45) is 8.25. The topological polar surface area (TPSA) is 55.4 Å². The minimum absolute atomic E-state index is 0.227. The second-order valence-corrected chi connectivity index (χ2v) is 8.56. The van der Waals surface area contributed by atoms with Crippen molar-refractivity contribution in [3.63, 3.8) is 0 Å². The Hall–Kier alpha value is -0.130. The normalized spacial score (nSPS) is 20.3. The monoisotopic (exact) mass is 319 g/mol. The van der Waals surface area contributed by atoms with Crippen molar-refractivity contribution in [1.29, 1.82) is 0 Å².